The molecule has 1 aromatic carbocycles. The highest BCUT2D eigenvalue weighted by molar-refractivity contribution is 6.35. The number of hydrogen-bond donors (Lipinski definition) is 2. The summed E-state index contributed by atoms with van der Waals surface area (Å²) in [4.78, 5) is 22.4. The average Bonchev–Trinajstić information content (AvgIpc) is 2.87. The number of halogens is 2. The Labute approximate surface area is 163 Å². The lowest BCUT2D eigenvalue weighted by Crippen LogP contribution is -2.46. The Morgan fingerprint density at radius 3 is 2.46 bits per heavy atom. The Hall–Kier alpha value is -1.30. The standard InChI is InChI=1S/C19H24Cl2O5/c20-14-10-9-13(15(21)11-14)7-5-3-1-2-4-6-8-16-19(25,18(23)24)12-17(22)26-16/h9-11,16,25H,1-8,12H2,(H,23,24). The van der Waals surface area contributed by atoms with Gasteiger partial charge in [-0.3, -0.25) is 4.79 Å². The molecular weight excluding hydrogens is 379 g/mol. The summed E-state index contributed by atoms with van der Waals surface area (Å²) in [5, 5.41) is 20.5. The number of ether oxygens (including phenoxy) is 1. The van der Waals surface area contributed by atoms with Gasteiger partial charge in [0, 0.05) is 10.0 Å². The highest BCUT2D eigenvalue weighted by Crippen LogP contribution is 2.31. The van der Waals surface area contributed by atoms with Crippen LogP contribution in [0.3, 0.4) is 0 Å². The third-order valence-corrected chi connectivity index (χ3v) is 5.36. The fourth-order valence-electron chi connectivity index (χ4n) is 3.22. The van der Waals surface area contributed by atoms with Crippen molar-refractivity contribution < 1.29 is 24.5 Å². The van der Waals surface area contributed by atoms with E-state index in [9.17, 15) is 14.7 Å². The predicted molar refractivity (Wildman–Crippen MR) is 99.6 cm³/mol. The summed E-state index contributed by atoms with van der Waals surface area (Å²) in [7, 11) is 0. The van der Waals surface area contributed by atoms with Crippen LogP contribution < -0.4 is 0 Å². The Balaban J connectivity index is 1.58. The molecule has 144 valence electrons. The maximum Gasteiger partial charge on any atom is 0.340 e. The van der Waals surface area contributed by atoms with Gasteiger partial charge in [-0.1, -0.05) is 55.0 Å². The van der Waals surface area contributed by atoms with Gasteiger partial charge in [0.15, 0.2) is 0 Å². The van der Waals surface area contributed by atoms with E-state index in [-0.39, 0.29) is 0 Å². The number of esters is 1. The highest BCUT2D eigenvalue weighted by Gasteiger charge is 2.53. The van der Waals surface area contributed by atoms with E-state index >= 15 is 0 Å². The molecule has 2 unspecified atom stereocenters. The molecule has 0 radical (unpaired) electrons. The largest absolute Gasteiger partial charge is 0.479 e. The van der Waals surface area contributed by atoms with E-state index in [2.05, 4.69) is 0 Å². The van der Waals surface area contributed by atoms with Gasteiger partial charge in [0.25, 0.3) is 0 Å². The van der Waals surface area contributed by atoms with Gasteiger partial charge in [-0.05, 0) is 43.4 Å². The Bertz CT molecular complexity index is 649. The number of carbonyl (C=O) groups excluding carboxylic acids is 1. The molecule has 1 heterocycles. The average molecular weight is 403 g/mol. The number of unbranched alkanes of at least 4 members (excludes halogenated alkanes) is 5. The molecule has 1 aliphatic rings. The molecule has 0 aliphatic carbocycles. The third kappa shape index (κ3) is 5.60. The molecule has 0 amide bonds. The van der Waals surface area contributed by atoms with E-state index in [0.29, 0.717) is 16.5 Å². The highest BCUT2D eigenvalue weighted by atomic mass is 35.5. The maximum absolute atomic E-state index is 11.3. The number of rotatable bonds is 10. The van der Waals surface area contributed by atoms with Crippen LogP contribution in [0, 0.1) is 0 Å². The number of aliphatic carboxylic acids is 1. The minimum Gasteiger partial charge on any atom is -0.479 e. The number of carboxylic acids is 1. The van der Waals surface area contributed by atoms with Crippen LogP contribution in [-0.2, 0) is 20.7 Å². The summed E-state index contributed by atoms with van der Waals surface area (Å²) in [6.45, 7) is 0. The minimum atomic E-state index is -2.07. The molecule has 1 saturated heterocycles. The Morgan fingerprint density at radius 1 is 1.15 bits per heavy atom. The van der Waals surface area contributed by atoms with Crippen molar-refractivity contribution in [3.8, 4) is 0 Å². The summed E-state index contributed by atoms with van der Waals surface area (Å²) in [5.74, 6) is -2.05. The van der Waals surface area contributed by atoms with E-state index in [1.165, 1.54) is 0 Å². The second kappa shape index (κ2) is 9.58. The van der Waals surface area contributed by atoms with Gasteiger partial charge >= 0.3 is 11.9 Å². The topological polar surface area (TPSA) is 83.8 Å². The first kappa shape index (κ1) is 21.0. The fraction of sp³-hybridized carbons (Fsp3) is 0.579. The van der Waals surface area contributed by atoms with Gasteiger partial charge in [-0.15, -0.1) is 0 Å². The van der Waals surface area contributed by atoms with Crippen LogP contribution in [0.2, 0.25) is 10.0 Å². The number of cyclic esters (lactones) is 1. The SMILES string of the molecule is O=C1CC(O)(C(=O)O)C(CCCCCCCCc2ccc(Cl)cc2Cl)O1. The number of benzene rings is 1. The van der Waals surface area contributed by atoms with Crippen molar-refractivity contribution in [2.24, 2.45) is 0 Å². The van der Waals surface area contributed by atoms with Crippen molar-refractivity contribution in [1.82, 2.24) is 0 Å². The van der Waals surface area contributed by atoms with E-state index < -0.39 is 30.1 Å². The van der Waals surface area contributed by atoms with Crippen LogP contribution in [0.1, 0.15) is 56.9 Å². The lowest BCUT2D eigenvalue weighted by molar-refractivity contribution is -0.164. The summed E-state index contributed by atoms with van der Waals surface area (Å²) in [6, 6.07) is 5.56. The normalized spacial score (nSPS) is 22.4. The third-order valence-electron chi connectivity index (χ3n) is 4.77. The maximum atomic E-state index is 11.3. The second-order valence-corrected chi connectivity index (χ2v) is 7.62. The van der Waals surface area contributed by atoms with Crippen molar-refractivity contribution in [1.29, 1.82) is 0 Å². The molecule has 0 bridgehead atoms. The molecular formula is C19H24Cl2O5. The lowest BCUT2D eigenvalue weighted by Gasteiger charge is -2.22. The summed E-state index contributed by atoms with van der Waals surface area (Å²) >= 11 is 12.0. The van der Waals surface area contributed by atoms with Crippen molar-refractivity contribution in [3.05, 3.63) is 33.8 Å². The van der Waals surface area contributed by atoms with E-state index in [1.54, 1.807) is 6.07 Å². The quantitative estimate of drug-likeness (QED) is 0.447. The molecule has 0 aromatic heterocycles. The number of carboxylic acid groups (broad SMARTS) is 1. The number of hydrogen-bond acceptors (Lipinski definition) is 4. The first-order valence-corrected chi connectivity index (χ1v) is 9.67. The molecule has 0 spiro atoms. The molecule has 1 aromatic rings. The Morgan fingerprint density at radius 2 is 1.81 bits per heavy atom. The van der Waals surface area contributed by atoms with E-state index in [1.807, 2.05) is 12.1 Å². The van der Waals surface area contributed by atoms with E-state index in [0.717, 1.165) is 50.5 Å². The zero-order valence-electron chi connectivity index (χ0n) is 14.5. The minimum absolute atomic E-state index is 0.370. The number of aliphatic hydroxyl groups is 1. The molecule has 26 heavy (non-hydrogen) atoms. The summed E-state index contributed by atoms with van der Waals surface area (Å²) in [5.41, 5.74) is -0.971. The molecule has 2 N–H and O–H groups in total. The molecule has 7 heteroatoms. The number of carbonyl (C=O) groups is 2. The smallest absolute Gasteiger partial charge is 0.340 e. The summed E-state index contributed by atoms with van der Waals surface area (Å²) < 4.78 is 4.96. The molecule has 5 nitrogen and oxygen atoms in total. The molecule has 1 aliphatic heterocycles. The zero-order chi connectivity index (χ0) is 19.2. The van der Waals surface area contributed by atoms with Crippen molar-refractivity contribution in [2.75, 3.05) is 0 Å². The fourth-order valence-corrected chi connectivity index (χ4v) is 3.72. The lowest BCUT2D eigenvalue weighted by atomic mass is 9.91. The van der Waals surface area contributed by atoms with Gasteiger partial charge in [-0.2, -0.15) is 0 Å². The Kier molecular flexibility index (Phi) is 7.74. The number of aryl methyl sites for hydroxylation is 1. The van der Waals surface area contributed by atoms with Crippen LogP contribution in [0.5, 0.6) is 0 Å². The van der Waals surface area contributed by atoms with Crippen molar-refractivity contribution >= 4 is 35.1 Å². The van der Waals surface area contributed by atoms with Crippen molar-refractivity contribution in [2.45, 2.75) is 69.5 Å². The van der Waals surface area contributed by atoms with Gasteiger partial charge in [0.1, 0.15) is 6.10 Å². The molecule has 0 saturated carbocycles. The second-order valence-electron chi connectivity index (χ2n) is 6.78. The zero-order valence-corrected chi connectivity index (χ0v) is 16.1. The van der Waals surface area contributed by atoms with Gasteiger partial charge in [-0.25, -0.2) is 4.79 Å². The van der Waals surface area contributed by atoms with Crippen molar-refractivity contribution in [3.63, 3.8) is 0 Å². The van der Waals surface area contributed by atoms with Crippen LogP contribution >= 0.6 is 23.2 Å². The first-order chi connectivity index (χ1) is 12.3. The van der Waals surface area contributed by atoms with Crippen LogP contribution in [0.15, 0.2) is 18.2 Å². The van der Waals surface area contributed by atoms with Crippen LogP contribution in [-0.4, -0.2) is 33.9 Å². The van der Waals surface area contributed by atoms with Crippen LogP contribution in [0.4, 0.5) is 0 Å². The first-order valence-electron chi connectivity index (χ1n) is 8.92. The van der Waals surface area contributed by atoms with Crippen LogP contribution in [0.25, 0.3) is 0 Å². The van der Waals surface area contributed by atoms with E-state index in [4.69, 9.17) is 33.0 Å². The monoisotopic (exact) mass is 402 g/mol. The van der Waals surface area contributed by atoms with Gasteiger partial charge < -0.3 is 14.9 Å². The predicted octanol–water partition coefficient (Wildman–Crippen LogP) is 4.40. The van der Waals surface area contributed by atoms with Gasteiger partial charge in [0.2, 0.25) is 5.60 Å². The molecule has 1 fully saturated rings. The van der Waals surface area contributed by atoms with Gasteiger partial charge in [0.05, 0.1) is 6.42 Å². The summed E-state index contributed by atoms with van der Waals surface area (Å²) in [6.07, 6.45) is 5.70. The molecule has 2 atom stereocenters. The molecule has 2 rings (SSSR count).